The highest BCUT2D eigenvalue weighted by molar-refractivity contribution is 9.10. The predicted octanol–water partition coefficient (Wildman–Crippen LogP) is 2.98. The lowest BCUT2D eigenvalue weighted by Crippen LogP contribution is -2.35. The number of carbonyl (C=O) groups excluding carboxylic acids is 2. The third-order valence-electron chi connectivity index (χ3n) is 4.17. The molecule has 0 bridgehead atoms. The number of benzene rings is 2. The Morgan fingerprint density at radius 1 is 1.07 bits per heavy atom. The molecule has 0 aliphatic carbocycles. The van der Waals surface area contributed by atoms with Crippen LogP contribution in [0, 0.1) is 0 Å². The van der Waals surface area contributed by atoms with Crippen LogP contribution in [0.4, 0.5) is 5.69 Å². The molecule has 1 heterocycles. The van der Waals surface area contributed by atoms with Crippen molar-refractivity contribution in [1.82, 2.24) is 25.5 Å². The fourth-order valence-electron chi connectivity index (χ4n) is 2.56. The smallest absolute Gasteiger partial charge is 0.244 e. The molecule has 0 atom stereocenters. The van der Waals surface area contributed by atoms with Crippen LogP contribution in [0.15, 0.2) is 53.0 Å². The topological polar surface area (TPSA) is 102 Å². The lowest BCUT2D eigenvalue weighted by molar-refractivity contribution is -0.124. The predicted molar refractivity (Wildman–Crippen MR) is 113 cm³/mol. The highest BCUT2D eigenvalue weighted by Crippen LogP contribution is 2.21. The minimum atomic E-state index is -0.383. The molecule has 0 radical (unpaired) electrons. The van der Waals surface area contributed by atoms with Crippen LogP contribution in [0.25, 0.3) is 11.4 Å². The van der Waals surface area contributed by atoms with Gasteiger partial charge in [-0.2, -0.15) is 4.80 Å². The highest BCUT2D eigenvalue weighted by atomic mass is 79.9. The molecule has 0 unspecified atom stereocenters. The van der Waals surface area contributed by atoms with Gasteiger partial charge in [0.2, 0.25) is 17.6 Å². The first kappa shape index (κ1) is 20.7. The molecule has 29 heavy (non-hydrogen) atoms. The summed E-state index contributed by atoms with van der Waals surface area (Å²) in [5, 5.41) is 17.4. The number of halogens is 1. The molecule has 2 amide bonds. The van der Waals surface area contributed by atoms with Crippen LogP contribution in [0.5, 0.6) is 0 Å². The van der Waals surface area contributed by atoms with E-state index >= 15 is 0 Å². The Balaban J connectivity index is 1.51. The average molecular weight is 457 g/mol. The van der Waals surface area contributed by atoms with Crippen molar-refractivity contribution in [2.24, 2.45) is 0 Å². The third kappa shape index (κ3) is 5.71. The molecule has 0 saturated carbocycles. The van der Waals surface area contributed by atoms with Crippen LogP contribution >= 0.6 is 15.9 Å². The van der Waals surface area contributed by atoms with Crippen molar-refractivity contribution in [3.05, 3.63) is 58.6 Å². The van der Waals surface area contributed by atoms with Crippen molar-refractivity contribution in [2.45, 2.75) is 26.3 Å². The van der Waals surface area contributed by atoms with E-state index in [1.54, 1.807) is 6.07 Å². The molecule has 150 valence electrons. The van der Waals surface area contributed by atoms with Gasteiger partial charge in [-0.05, 0) is 44.8 Å². The molecular weight excluding hydrogens is 436 g/mol. The zero-order chi connectivity index (χ0) is 20.8. The monoisotopic (exact) mass is 456 g/mol. The maximum absolute atomic E-state index is 12.1. The SMILES string of the molecule is CC(C)c1ccc(-c2nnn(CC(=O)NCC(=O)Nc3ccccc3Br)n2)cc1. The first-order chi connectivity index (χ1) is 13.9. The zero-order valence-corrected chi connectivity index (χ0v) is 17.7. The van der Waals surface area contributed by atoms with Gasteiger partial charge in [-0.1, -0.05) is 50.2 Å². The molecule has 0 fully saturated rings. The fraction of sp³-hybridized carbons (Fsp3) is 0.250. The molecule has 3 aromatic rings. The Kier molecular flexibility index (Phi) is 6.71. The summed E-state index contributed by atoms with van der Waals surface area (Å²) in [7, 11) is 0. The quantitative estimate of drug-likeness (QED) is 0.568. The Morgan fingerprint density at radius 2 is 1.79 bits per heavy atom. The third-order valence-corrected chi connectivity index (χ3v) is 4.86. The summed E-state index contributed by atoms with van der Waals surface area (Å²) in [4.78, 5) is 25.3. The summed E-state index contributed by atoms with van der Waals surface area (Å²) in [6.07, 6.45) is 0. The van der Waals surface area contributed by atoms with Gasteiger partial charge in [0.15, 0.2) is 0 Å². The number of para-hydroxylation sites is 1. The van der Waals surface area contributed by atoms with E-state index in [4.69, 9.17) is 0 Å². The van der Waals surface area contributed by atoms with E-state index in [0.29, 0.717) is 17.4 Å². The average Bonchev–Trinajstić information content (AvgIpc) is 3.16. The van der Waals surface area contributed by atoms with Crippen molar-refractivity contribution < 1.29 is 9.59 Å². The number of nitrogens with zero attached hydrogens (tertiary/aromatic N) is 4. The Morgan fingerprint density at radius 3 is 2.48 bits per heavy atom. The molecule has 3 rings (SSSR count). The second-order valence-electron chi connectivity index (χ2n) is 6.72. The number of tetrazole rings is 1. The molecule has 0 aliphatic heterocycles. The van der Waals surface area contributed by atoms with Gasteiger partial charge in [0, 0.05) is 10.0 Å². The van der Waals surface area contributed by atoms with Gasteiger partial charge in [-0.3, -0.25) is 9.59 Å². The van der Waals surface area contributed by atoms with Crippen molar-refractivity contribution >= 4 is 33.4 Å². The Hall–Kier alpha value is -3.07. The van der Waals surface area contributed by atoms with E-state index in [1.807, 2.05) is 42.5 Å². The lowest BCUT2D eigenvalue weighted by atomic mass is 10.0. The van der Waals surface area contributed by atoms with Crippen LogP contribution in [-0.2, 0) is 16.1 Å². The molecular formula is C20H21BrN6O2. The number of aromatic nitrogens is 4. The van der Waals surface area contributed by atoms with E-state index in [-0.39, 0.29) is 24.9 Å². The number of nitrogens with one attached hydrogen (secondary N) is 2. The van der Waals surface area contributed by atoms with Gasteiger partial charge in [0.1, 0.15) is 6.54 Å². The van der Waals surface area contributed by atoms with Crippen molar-refractivity contribution in [3.63, 3.8) is 0 Å². The second-order valence-corrected chi connectivity index (χ2v) is 7.58. The van der Waals surface area contributed by atoms with Crippen LogP contribution < -0.4 is 10.6 Å². The number of amides is 2. The van der Waals surface area contributed by atoms with Gasteiger partial charge >= 0.3 is 0 Å². The maximum Gasteiger partial charge on any atom is 0.244 e. The van der Waals surface area contributed by atoms with Crippen molar-refractivity contribution in [2.75, 3.05) is 11.9 Å². The van der Waals surface area contributed by atoms with E-state index in [1.165, 1.54) is 10.4 Å². The molecule has 0 saturated heterocycles. The van der Waals surface area contributed by atoms with Crippen LogP contribution in [0.3, 0.4) is 0 Å². The van der Waals surface area contributed by atoms with Gasteiger partial charge in [-0.25, -0.2) is 0 Å². The first-order valence-corrected chi connectivity index (χ1v) is 9.91. The highest BCUT2D eigenvalue weighted by Gasteiger charge is 2.11. The summed E-state index contributed by atoms with van der Waals surface area (Å²) in [6.45, 7) is 3.97. The number of hydrogen-bond donors (Lipinski definition) is 2. The van der Waals surface area contributed by atoms with Gasteiger partial charge in [0.25, 0.3) is 0 Å². The van der Waals surface area contributed by atoms with E-state index in [9.17, 15) is 9.59 Å². The van der Waals surface area contributed by atoms with Crippen molar-refractivity contribution in [3.8, 4) is 11.4 Å². The van der Waals surface area contributed by atoms with Gasteiger partial charge < -0.3 is 10.6 Å². The standard InChI is InChI=1S/C20H21BrN6O2/c1-13(2)14-7-9-15(10-8-14)20-24-26-27(25-20)12-19(29)22-11-18(28)23-17-6-4-3-5-16(17)21/h3-10,13H,11-12H2,1-2H3,(H,22,29)(H,23,28). The van der Waals surface area contributed by atoms with Gasteiger partial charge in [0.05, 0.1) is 12.2 Å². The minimum absolute atomic E-state index is 0.126. The molecule has 0 spiro atoms. The summed E-state index contributed by atoms with van der Waals surface area (Å²) in [5.41, 5.74) is 2.69. The minimum Gasteiger partial charge on any atom is -0.345 e. The molecule has 9 heteroatoms. The van der Waals surface area contributed by atoms with E-state index < -0.39 is 0 Å². The fourth-order valence-corrected chi connectivity index (χ4v) is 2.95. The molecule has 8 nitrogen and oxygen atoms in total. The number of anilines is 1. The first-order valence-electron chi connectivity index (χ1n) is 9.11. The summed E-state index contributed by atoms with van der Waals surface area (Å²) in [6, 6.07) is 15.2. The second kappa shape index (κ2) is 9.42. The van der Waals surface area contributed by atoms with Gasteiger partial charge in [-0.15, -0.1) is 10.2 Å². The summed E-state index contributed by atoms with van der Waals surface area (Å²) in [5.74, 6) is 0.172. The number of carbonyl (C=O) groups is 2. The lowest BCUT2D eigenvalue weighted by Gasteiger charge is -2.08. The number of hydrogen-bond acceptors (Lipinski definition) is 5. The van der Waals surface area contributed by atoms with Crippen molar-refractivity contribution in [1.29, 1.82) is 0 Å². The largest absolute Gasteiger partial charge is 0.345 e. The molecule has 2 N–H and O–H groups in total. The summed E-state index contributed by atoms with van der Waals surface area (Å²) < 4.78 is 0.764. The van der Waals surface area contributed by atoms with Crippen LogP contribution in [0.1, 0.15) is 25.3 Å². The zero-order valence-electron chi connectivity index (χ0n) is 16.1. The van der Waals surface area contributed by atoms with E-state index in [0.717, 1.165) is 10.0 Å². The van der Waals surface area contributed by atoms with E-state index in [2.05, 4.69) is 55.8 Å². The maximum atomic E-state index is 12.1. The van der Waals surface area contributed by atoms with Crippen LogP contribution in [0.2, 0.25) is 0 Å². The van der Waals surface area contributed by atoms with Crippen LogP contribution in [-0.4, -0.2) is 38.6 Å². The summed E-state index contributed by atoms with van der Waals surface area (Å²) >= 11 is 3.35. The Bertz CT molecular complexity index is 1000. The normalized spacial score (nSPS) is 10.8. The number of rotatable bonds is 7. The Labute approximate surface area is 176 Å². The molecule has 0 aliphatic rings. The molecule has 2 aromatic carbocycles. The molecule has 1 aromatic heterocycles.